The highest BCUT2D eigenvalue weighted by atomic mass is 32.1. The number of hydrogen-bond donors (Lipinski definition) is 1. The molecule has 1 saturated heterocycles. The molecular weight excluding hydrogens is 310 g/mol. The summed E-state index contributed by atoms with van der Waals surface area (Å²) in [6, 6.07) is 0.218. The molecule has 0 amide bonds. The van der Waals surface area contributed by atoms with Crippen molar-refractivity contribution in [3.05, 3.63) is 22.1 Å². The number of aromatic nitrogens is 2. The van der Waals surface area contributed by atoms with Gasteiger partial charge in [-0.3, -0.25) is 0 Å². The largest absolute Gasteiger partial charge is 0.358 e. The van der Waals surface area contributed by atoms with E-state index in [4.69, 9.17) is 12.2 Å². The van der Waals surface area contributed by atoms with Crippen molar-refractivity contribution < 1.29 is 4.92 Å². The van der Waals surface area contributed by atoms with Gasteiger partial charge in [-0.25, -0.2) is 9.55 Å². The molecule has 0 aromatic carbocycles. The second kappa shape index (κ2) is 6.71. The molecule has 21 heavy (non-hydrogen) atoms. The van der Waals surface area contributed by atoms with Crippen LogP contribution in [0.3, 0.4) is 0 Å². The fraction of sp³-hybridized carbons (Fsp3) is 0.667. The van der Waals surface area contributed by atoms with E-state index in [-0.39, 0.29) is 11.9 Å². The minimum atomic E-state index is -0.395. The van der Waals surface area contributed by atoms with E-state index in [1.165, 1.54) is 6.20 Å². The van der Waals surface area contributed by atoms with Gasteiger partial charge in [0, 0.05) is 39.0 Å². The number of piperazine rings is 1. The summed E-state index contributed by atoms with van der Waals surface area (Å²) in [5, 5.41) is 11.0. The van der Waals surface area contributed by atoms with Crippen molar-refractivity contribution in [2.75, 3.05) is 26.7 Å². The zero-order valence-electron chi connectivity index (χ0n) is 12.1. The number of nitro groups is 1. The third-order valence-electron chi connectivity index (χ3n) is 3.84. The molecule has 1 aromatic rings. The van der Waals surface area contributed by atoms with Crippen LogP contribution in [-0.2, 0) is 6.54 Å². The van der Waals surface area contributed by atoms with Crippen LogP contribution in [0.5, 0.6) is 0 Å². The standard InChI is InChI=1S/C12H19N5O2S2/c1-9-13-7-11(17(18)19)15(9)4-3-10-8-14(2)5-6-16(10)12(20)21/h7,10H,3-6,8H2,1-2H3,(H,20,21). The molecule has 2 rings (SSSR count). The Kier molecular flexibility index (Phi) is 5.17. The second-order valence-corrected chi connectivity index (χ2v) is 6.37. The predicted octanol–water partition coefficient (Wildman–Crippen LogP) is 1.32. The van der Waals surface area contributed by atoms with Gasteiger partial charge in [-0.05, 0) is 12.0 Å². The maximum atomic E-state index is 11.0. The van der Waals surface area contributed by atoms with Gasteiger partial charge in [-0.2, -0.15) is 0 Å². The monoisotopic (exact) mass is 329 g/mol. The molecule has 2 heterocycles. The summed E-state index contributed by atoms with van der Waals surface area (Å²) in [7, 11) is 2.07. The van der Waals surface area contributed by atoms with Crippen LogP contribution in [0.15, 0.2) is 6.20 Å². The average molecular weight is 329 g/mol. The lowest BCUT2D eigenvalue weighted by Gasteiger charge is -2.40. The summed E-state index contributed by atoms with van der Waals surface area (Å²) in [6.45, 7) is 4.99. The van der Waals surface area contributed by atoms with Crippen LogP contribution in [0.1, 0.15) is 12.2 Å². The van der Waals surface area contributed by atoms with Crippen LogP contribution in [0.2, 0.25) is 0 Å². The van der Waals surface area contributed by atoms with E-state index >= 15 is 0 Å². The number of likely N-dealkylation sites (N-methyl/N-ethyl adjacent to an activating group) is 1. The summed E-state index contributed by atoms with van der Waals surface area (Å²) in [5.74, 6) is 0.697. The SMILES string of the molecule is Cc1ncc([N+](=O)[O-])n1CCC1CN(C)CCN1C(=S)S. The Hall–Kier alpha value is -1.19. The highest BCUT2D eigenvalue weighted by molar-refractivity contribution is 8.10. The lowest BCUT2D eigenvalue weighted by atomic mass is 10.1. The summed E-state index contributed by atoms with van der Waals surface area (Å²) in [5.41, 5.74) is 0. The van der Waals surface area contributed by atoms with Crippen molar-refractivity contribution in [3.63, 3.8) is 0 Å². The summed E-state index contributed by atoms with van der Waals surface area (Å²) >= 11 is 9.47. The minimum Gasteiger partial charge on any atom is -0.358 e. The van der Waals surface area contributed by atoms with E-state index in [9.17, 15) is 10.1 Å². The number of aryl methyl sites for hydroxylation is 1. The highest BCUT2D eigenvalue weighted by Gasteiger charge is 2.27. The molecule has 1 aliphatic heterocycles. The maximum absolute atomic E-state index is 11.0. The molecule has 7 nitrogen and oxygen atoms in total. The van der Waals surface area contributed by atoms with Gasteiger partial charge < -0.3 is 19.9 Å². The fourth-order valence-electron chi connectivity index (χ4n) is 2.67. The molecule has 0 radical (unpaired) electrons. The lowest BCUT2D eigenvalue weighted by Crippen LogP contribution is -2.52. The maximum Gasteiger partial charge on any atom is 0.342 e. The molecule has 0 N–H and O–H groups in total. The molecule has 1 aromatic heterocycles. The first-order chi connectivity index (χ1) is 9.90. The first-order valence-corrected chi connectivity index (χ1v) is 7.60. The van der Waals surface area contributed by atoms with Crippen LogP contribution in [-0.4, -0.2) is 61.3 Å². The average Bonchev–Trinajstić information content (AvgIpc) is 2.77. The topological polar surface area (TPSA) is 67.4 Å². The van der Waals surface area contributed by atoms with Crippen LogP contribution in [0, 0.1) is 17.0 Å². The van der Waals surface area contributed by atoms with Crippen LogP contribution < -0.4 is 0 Å². The molecule has 9 heteroatoms. The normalized spacial score (nSPS) is 19.8. The molecule has 0 bridgehead atoms. The van der Waals surface area contributed by atoms with Crippen LogP contribution in [0.4, 0.5) is 5.82 Å². The number of hydrogen-bond acceptors (Lipinski definition) is 5. The van der Waals surface area contributed by atoms with Gasteiger partial charge >= 0.3 is 5.82 Å². The van der Waals surface area contributed by atoms with Crippen molar-refractivity contribution in [1.82, 2.24) is 19.4 Å². The molecule has 1 unspecified atom stereocenters. The van der Waals surface area contributed by atoms with Gasteiger partial charge in [0.1, 0.15) is 10.5 Å². The van der Waals surface area contributed by atoms with Gasteiger partial charge in [0.25, 0.3) is 0 Å². The first kappa shape index (κ1) is 16.2. The molecule has 0 spiro atoms. The first-order valence-electron chi connectivity index (χ1n) is 6.74. The van der Waals surface area contributed by atoms with Crippen molar-refractivity contribution in [1.29, 1.82) is 0 Å². The Morgan fingerprint density at radius 2 is 2.33 bits per heavy atom. The minimum absolute atomic E-state index is 0.0386. The summed E-state index contributed by atoms with van der Waals surface area (Å²) in [6.07, 6.45) is 2.08. The van der Waals surface area contributed by atoms with Crippen molar-refractivity contribution in [3.8, 4) is 0 Å². The van der Waals surface area contributed by atoms with E-state index in [1.54, 1.807) is 11.5 Å². The van der Waals surface area contributed by atoms with E-state index in [1.807, 2.05) is 0 Å². The Morgan fingerprint density at radius 3 is 2.95 bits per heavy atom. The number of thiocarbonyl (C=S) groups is 1. The van der Waals surface area contributed by atoms with E-state index < -0.39 is 4.92 Å². The molecular formula is C12H19N5O2S2. The van der Waals surface area contributed by atoms with Gasteiger partial charge in [0.15, 0.2) is 5.82 Å². The van der Waals surface area contributed by atoms with Crippen LogP contribution >= 0.6 is 24.8 Å². The lowest BCUT2D eigenvalue weighted by molar-refractivity contribution is -0.392. The summed E-state index contributed by atoms with van der Waals surface area (Å²) < 4.78 is 2.24. The van der Waals surface area contributed by atoms with Crippen molar-refractivity contribution in [2.45, 2.75) is 25.9 Å². The summed E-state index contributed by atoms with van der Waals surface area (Å²) in [4.78, 5) is 19.0. The Bertz CT molecular complexity index is 548. The zero-order valence-corrected chi connectivity index (χ0v) is 13.8. The van der Waals surface area contributed by atoms with Gasteiger partial charge in [0.2, 0.25) is 0 Å². The third-order valence-corrected chi connectivity index (χ3v) is 4.33. The smallest absolute Gasteiger partial charge is 0.342 e. The molecule has 0 saturated carbocycles. The third kappa shape index (κ3) is 3.72. The predicted molar refractivity (Wildman–Crippen MR) is 87.8 cm³/mol. The number of imidazole rings is 1. The molecule has 1 atom stereocenters. The van der Waals surface area contributed by atoms with Crippen molar-refractivity contribution in [2.24, 2.45) is 0 Å². The molecule has 0 aliphatic carbocycles. The van der Waals surface area contributed by atoms with Crippen LogP contribution in [0.25, 0.3) is 0 Å². The Balaban J connectivity index is 2.08. The van der Waals surface area contributed by atoms with E-state index in [0.29, 0.717) is 16.7 Å². The number of nitrogens with zero attached hydrogens (tertiary/aromatic N) is 5. The highest BCUT2D eigenvalue weighted by Crippen LogP contribution is 2.19. The molecule has 116 valence electrons. The zero-order chi connectivity index (χ0) is 15.6. The van der Waals surface area contributed by atoms with E-state index in [2.05, 4.69) is 34.5 Å². The Labute approximate surface area is 134 Å². The molecule has 1 aliphatic rings. The van der Waals surface area contributed by atoms with Gasteiger partial charge in [0.05, 0.1) is 6.54 Å². The van der Waals surface area contributed by atoms with E-state index in [0.717, 1.165) is 26.1 Å². The number of thiol groups is 1. The fourth-order valence-corrected chi connectivity index (χ4v) is 3.17. The van der Waals surface area contributed by atoms with Gasteiger partial charge in [-0.1, -0.05) is 12.2 Å². The van der Waals surface area contributed by atoms with Gasteiger partial charge in [-0.15, -0.1) is 12.6 Å². The molecule has 1 fully saturated rings. The quantitative estimate of drug-likeness (QED) is 0.389. The second-order valence-electron chi connectivity index (χ2n) is 5.25. The Morgan fingerprint density at radius 1 is 1.62 bits per heavy atom. The number of rotatable bonds is 4. The van der Waals surface area contributed by atoms with Crippen molar-refractivity contribution >= 4 is 35.0 Å².